The van der Waals surface area contributed by atoms with E-state index < -0.39 is 10.0 Å². The molecule has 0 spiro atoms. The van der Waals surface area contributed by atoms with Gasteiger partial charge in [-0.25, -0.2) is 17.9 Å². The summed E-state index contributed by atoms with van der Waals surface area (Å²) < 4.78 is 41.2. The Morgan fingerprint density at radius 3 is 2.48 bits per heavy atom. The van der Waals surface area contributed by atoms with Crippen molar-refractivity contribution in [1.82, 2.24) is 10.1 Å². The predicted molar refractivity (Wildman–Crippen MR) is 80.3 cm³/mol. The molecule has 0 aliphatic rings. The Labute approximate surface area is 131 Å². The van der Waals surface area contributed by atoms with Crippen LogP contribution in [0.5, 0.6) is 0 Å². The van der Waals surface area contributed by atoms with Crippen LogP contribution in [0.1, 0.15) is 11.5 Å². The Hall–Kier alpha value is -2.58. The molecule has 118 valence electrons. The number of nitrogens with zero attached hydrogens (tertiary/aromatic N) is 2. The smallest absolute Gasteiger partial charge is 0.238 e. The molecular weight excluding hydrogens is 321 g/mol. The zero-order valence-electron chi connectivity index (χ0n) is 11.8. The highest BCUT2D eigenvalue weighted by molar-refractivity contribution is 7.89. The first-order valence-electron chi connectivity index (χ1n) is 6.63. The summed E-state index contributed by atoms with van der Waals surface area (Å²) in [6.07, 6.45) is 0.310. The highest BCUT2D eigenvalue weighted by Crippen LogP contribution is 2.24. The summed E-state index contributed by atoms with van der Waals surface area (Å²) in [7, 11) is -3.90. The van der Waals surface area contributed by atoms with Crippen LogP contribution in [-0.2, 0) is 16.4 Å². The zero-order valence-corrected chi connectivity index (χ0v) is 12.6. The number of halogens is 1. The standard InChI is InChI=1S/C15H12FN3O3S/c16-11-7-5-10(6-8-11)9-14-18-15(19-22-14)12-3-1-2-4-13(12)23(17,20)21/h1-8H,9H2,(H2,17,20,21). The van der Waals surface area contributed by atoms with Crippen molar-refractivity contribution in [3.05, 3.63) is 65.8 Å². The summed E-state index contributed by atoms with van der Waals surface area (Å²) >= 11 is 0. The fourth-order valence-corrected chi connectivity index (χ4v) is 2.85. The molecule has 23 heavy (non-hydrogen) atoms. The lowest BCUT2D eigenvalue weighted by molar-refractivity contribution is 0.385. The zero-order chi connectivity index (χ0) is 16.4. The van der Waals surface area contributed by atoms with Gasteiger partial charge in [0.1, 0.15) is 5.82 Å². The third-order valence-corrected chi connectivity index (χ3v) is 4.14. The molecule has 3 aromatic rings. The lowest BCUT2D eigenvalue weighted by atomic mass is 10.1. The molecule has 2 N–H and O–H groups in total. The number of primary sulfonamides is 1. The summed E-state index contributed by atoms with van der Waals surface area (Å²) in [5.74, 6) is 0.0876. The van der Waals surface area contributed by atoms with Crippen molar-refractivity contribution >= 4 is 10.0 Å². The molecule has 0 unspecified atom stereocenters. The third-order valence-electron chi connectivity index (χ3n) is 3.17. The molecule has 2 aromatic carbocycles. The normalized spacial score (nSPS) is 11.6. The van der Waals surface area contributed by atoms with Gasteiger partial charge < -0.3 is 4.52 Å². The summed E-state index contributed by atoms with van der Waals surface area (Å²) in [5, 5.41) is 8.98. The van der Waals surface area contributed by atoms with Gasteiger partial charge in [-0.15, -0.1) is 0 Å². The van der Waals surface area contributed by atoms with Crippen LogP contribution in [0.25, 0.3) is 11.4 Å². The molecule has 0 atom stereocenters. The van der Waals surface area contributed by atoms with E-state index in [4.69, 9.17) is 9.66 Å². The number of hydrogen-bond donors (Lipinski definition) is 1. The number of benzene rings is 2. The topological polar surface area (TPSA) is 99.1 Å². The number of sulfonamides is 1. The molecule has 0 fully saturated rings. The maximum atomic E-state index is 12.9. The first-order chi connectivity index (χ1) is 10.9. The van der Waals surface area contributed by atoms with Crippen LogP contribution in [-0.4, -0.2) is 18.6 Å². The predicted octanol–water partition coefficient (Wildman–Crippen LogP) is 2.11. The summed E-state index contributed by atoms with van der Waals surface area (Å²) in [4.78, 5) is 4.11. The molecule has 6 nitrogen and oxygen atoms in total. The van der Waals surface area contributed by atoms with Crippen LogP contribution in [0, 0.1) is 5.82 Å². The third kappa shape index (κ3) is 3.43. The molecule has 0 bridgehead atoms. The minimum atomic E-state index is -3.90. The molecule has 0 aliphatic heterocycles. The lowest BCUT2D eigenvalue weighted by Gasteiger charge is -2.02. The van der Waals surface area contributed by atoms with Crippen molar-refractivity contribution < 1.29 is 17.3 Å². The van der Waals surface area contributed by atoms with E-state index in [0.717, 1.165) is 5.56 Å². The van der Waals surface area contributed by atoms with Gasteiger partial charge in [0.2, 0.25) is 21.7 Å². The molecule has 0 saturated carbocycles. The van der Waals surface area contributed by atoms with Crippen molar-refractivity contribution in [2.24, 2.45) is 5.14 Å². The minimum absolute atomic E-state index is 0.0749. The van der Waals surface area contributed by atoms with Gasteiger partial charge in [-0.2, -0.15) is 4.98 Å². The molecule has 0 radical (unpaired) electrons. The number of rotatable bonds is 4. The van der Waals surface area contributed by atoms with Gasteiger partial charge in [0.15, 0.2) is 0 Å². The monoisotopic (exact) mass is 333 g/mol. The molecule has 0 amide bonds. The van der Waals surface area contributed by atoms with Gasteiger partial charge in [-0.1, -0.05) is 29.4 Å². The van der Waals surface area contributed by atoms with Crippen LogP contribution in [0.3, 0.4) is 0 Å². The minimum Gasteiger partial charge on any atom is -0.339 e. The van der Waals surface area contributed by atoms with Gasteiger partial charge >= 0.3 is 0 Å². The SMILES string of the molecule is NS(=O)(=O)c1ccccc1-c1noc(Cc2ccc(F)cc2)n1. The first kappa shape index (κ1) is 15.3. The Morgan fingerprint density at radius 1 is 1.09 bits per heavy atom. The second kappa shape index (κ2) is 5.90. The Kier molecular flexibility index (Phi) is 3.93. The molecule has 1 aromatic heterocycles. The van der Waals surface area contributed by atoms with E-state index in [1.807, 2.05) is 0 Å². The number of nitrogens with two attached hydrogens (primary N) is 1. The van der Waals surface area contributed by atoms with E-state index in [0.29, 0.717) is 6.42 Å². The molecule has 8 heteroatoms. The number of aromatic nitrogens is 2. The molecule has 1 heterocycles. The van der Waals surface area contributed by atoms with Crippen LogP contribution >= 0.6 is 0 Å². The van der Waals surface area contributed by atoms with E-state index >= 15 is 0 Å². The van der Waals surface area contributed by atoms with Gasteiger partial charge in [0, 0.05) is 5.56 Å². The molecule has 0 aliphatic carbocycles. The Morgan fingerprint density at radius 2 is 1.78 bits per heavy atom. The Bertz CT molecular complexity index is 937. The fourth-order valence-electron chi connectivity index (χ4n) is 2.11. The van der Waals surface area contributed by atoms with Crippen LogP contribution in [0.2, 0.25) is 0 Å². The van der Waals surface area contributed by atoms with Crippen LogP contribution < -0.4 is 5.14 Å². The maximum Gasteiger partial charge on any atom is 0.238 e. The van der Waals surface area contributed by atoms with E-state index in [1.54, 1.807) is 30.3 Å². The van der Waals surface area contributed by atoms with E-state index in [-0.39, 0.29) is 28.0 Å². The van der Waals surface area contributed by atoms with Crippen molar-refractivity contribution in [3.63, 3.8) is 0 Å². The summed E-state index contributed by atoms with van der Waals surface area (Å²) in [5.41, 5.74) is 1.06. The second-order valence-electron chi connectivity index (χ2n) is 4.86. The van der Waals surface area contributed by atoms with Gasteiger partial charge in [-0.05, 0) is 29.8 Å². The van der Waals surface area contributed by atoms with Crippen molar-refractivity contribution in [2.75, 3.05) is 0 Å². The van der Waals surface area contributed by atoms with Crippen molar-refractivity contribution in [2.45, 2.75) is 11.3 Å². The quantitative estimate of drug-likeness (QED) is 0.788. The second-order valence-corrected chi connectivity index (χ2v) is 6.39. The van der Waals surface area contributed by atoms with Gasteiger partial charge in [0.05, 0.1) is 11.3 Å². The van der Waals surface area contributed by atoms with Crippen LogP contribution in [0.15, 0.2) is 57.9 Å². The molecule has 0 saturated heterocycles. The first-order valence-corrected chi connectivity index (χ1v) is 8.17. The van der Waals surface area contributed by atoms with Crippen molar-refractivity contribution in [3.8, 4) is 11.4 Å². The fraction of sp³-hybridized carbons (Fsp3) is 0.0667. The number of hydrogen-bond acceptors (Lipinski definition) is 5. The average Bonchev–Trinajstić information content (AvgIpc) is 2.97. The maximum absolute atomic E-state index is 12.9. The Balaban J connectivity index is 1.92. The average molecular weight is 333 g/mol. The molecule has 3 rings (SSSR count). The summed E-state index contributed by atoms with van der Waals surface area (Å²) in [6.45, 7) is 0. The highest BCUT2D eigenvalue weighted by Gasteiger charge is 2.18. The van der Waals surface area contributed by atoms with E-state index in [2.05, 4.69) is 10.1 Å². The highest BCUT2D eigenvalue weighted by atomic mass is 32.2. The summed E-state index contributed by atoms with van der Waals surface area (Å²) in [6, 6.07) is 12.0. The van der Waals surface area contributed by atoms with Crippen molar-refractivity contribution in [1.29, 1.82) is 0 Å². The van der Waals surface area contributed by atoms with Crippen LogP contribution in [0.4, 0.5) is 4.39 Å². The largest absolute Gasteiger partial charge is 0.339 e. The van der Waals surface area contributed by atoms with Gasteiger partial charge in [0.25, 0.3) is 0 Å². The van der Waals surface area contributed by atoms with Gasteiger partial charge in [-0.3, -0.25) is 0 Å². The lowest BCUT2D eigenvalue weighted by Crippen LogP contribution is -2.13. The van der Waals surface area contributed by atoms with E-state index in [9.17, 15) is 12.8 Å². The molecular formula is C15H12FN3O3S. The van der Waals surface area contributed by atoms with E-state index in [1.165, 1.54) is 18.2 Å².